The molecule has 2 aromatic rings. The van der Waals surface area contributed by atoms with Crippen molar-refractivity contribution in [1.82, 2.24) is 9.78 Å². The van der Waals surface area contributed by atoms with Crippen LogP contribution < -0.4 is 0 Å². The number of fused-ring (bicyclic) bond motifs is 1. The molecule has 0 aliphatic carbocycles. The average Bonchev–Trinajstić information content (AvgIpc) is 2.48. The van der Waals surface area contributed by atoms with Crippen LogP contribution in [0.5, 0.6) is 0 Å². The van der Waals surface area contributed by atoms with Crippen LogP contribution >= 0.6 is 23.2 Å². The van der Waals surface area contributed by atoms with Crippen LogP contribution in [0.25, 0.3) is 10.9 Å². The highest BCUT2D eigenvalue weighted by molar-refractivity contribution is 6.45. The molecule has 5 heteroatoms. The van der Waals surface area contributed by atoms with Crippen LogP contribution in [0.4, 0.5) is 0 Å². The van der Waals surface area contributed by atoms with Crippen molar-refractivity contribution in [2.75, 3.05) is 0 Å². The van der Waals surface area contributed by atoms with Gasteiger partial charge < -0.3 is 0 Å². The van der Waals surface area contributed by atoms with Crippen molar-refractivity contribution in [3.8, 4) is 6.07 Å². The Morgan fingerprint density at radius 3 is 2.79 bits per heavy atom. The maximum Gasteiger partial charge on any atom is 0.147 e. The third-order valence-electron chi connectivity index (χ3n) is 2.00. The minimum atomic E-state index is 0.383. The number of benzene rings is 1. The van der Waals surface area contributed by atoms with Gasteiger partial charge in [-0.05, 0) is 12.1 Å². The summed E-state index contributed by atoms with van der Waals surface area (Å²) < 4.78 is 1.49. The van der Waals surface area contributed by atoms with Crippen LogP contribution in [0.2, 0.25) is 10.0 Å². The van der Waals surface area contributed by atoms with Crippen molar-refractivity contribution in [2.45, 2.75) is 0 Å². The summed E-state index contributed by atoms with van der Waals surface area (Å²) in [7, 11) is 1.70. The molecule has 0 radical (unpaired) electrons. The highest BCUT2D eigenvalue weighted by atomic mass is 35.5. The molecule has 1 heterocycles. The lowest BCUT2D eigenvalue weighted by molar-refractivity contribution is 0.767. The van der Waals surface area contributed by atoms with Crippen molar-refractivity contribution in [3.63, 3.8) is 0 Å². The summed E-state index contributed by atoms with van der Waals surface area (Å²) in [5.41, 5.74) is 1.10. The first-order valence-electron chi connectivity index (χ1n) is 3.86. The number of nitrogens with zero attached hydrogens (tertiary/aromatic N) is 3. The lowest BCUT2D eigenvalue weighted by Gasteiger charge is -1.95. The third kappa shape index (κ3) is 1.16. The first kappa shape index (κ1) is 9.32. The number of rotatable bonds is 0. The maximum atomic E-state index is 8.91. The van der Waals surface area contributed by atoms with Crippen LogP contribution in [-0.2, 0) is 7.05 Å². The van der Waals surface area contributed by atoms with Crippen molar-refractivity contribution in [2.24, 2.45) is 7.05 Å². The molecule has 70 valence electrons. The molecule has 0 spiro atoms. The molecule has 0 aliphatic rings. The van der Waals surface area contributed by atoms with Crippen LogP contribution in [0.15, 0.2) is 12.1 Å². The summed E-state index contributed by atoms with van der Waals surface area (Å²) in [4.78, 5) is 0. The zero-order valence-corrected chi connectivity index (χ0v) is 8.76. The van der Waals surface area contributed by atoms with E-state index >= 15 is 0 Å². The second-order valence-corrected chi connectivity index (χ2v) is 3.62. The molecule has 14 heavy (non-hydrogen) atoms. The van der Waals surface area contributed by atoms with E-state index in [1.165, 1.54) is 4.68 Å². The molecule has 1 aromatic heterocycles. The lowest BCUT2D eigenvalue weighted by atomic mass is 10.2. The lowest BCUT2D eigenvalue weighted by Crippen LogP contribution is -1.92. The van der Waals surface area contributed by atoms with Crippen molar-refractivity contribution in [3.05, 3.63) is 27.9 Å². The summed E-state index contributed by atoms with van der Waals surface area (Å²) in [5.74, 6) is 0. The highest BCUT2D eigenvalue weighted by Gasteiger charge is 2.13. The van der Waals surface area contributed by atoms with Crippen LogP contribution in [0, 0.1) is 11.3 Å². The minimum Gasteiger partial charge on any atom is -0.257 e. The average molecular weight is 226 g/mol. The van der Waals surface area contributed by atoms with E-state index in [1.807, 2.05) is 6.07 Å². The zero-order valence-electron chi connectivity index (χ0n) is 7.25. The highest BCUT2D eigenvalue weighted by Crippen LogP contribution is 2.32. The molecular weight excluding hydrogens is 221 g/mol. The monoisotopic (exact) mass is 225 g/mol. The molecule has 0 fully saturated rings. The van der Waals surface area contributed by atoms with Gasteiger partial charge in [0.15, 0.2) is 0 Å². The molecule has 1 aromatic carbocycles. The van der Waals surface area contributed by atoms with Gasteiger partial charge in [-0.25, -0.2) is 0 Å². The number of aromatic nitrogens is 2. The molecule has 0 aliphatic heterocycles. The normalized spacial score (nSPS) is 10.4. The molecule has 0 saturated heterocycles. The van der Waals surface area contributed by atoms with Crippen molar-refractivity contribution in [1.29, 1.82) is 5.26 Å². The molecule has 0 N–H and O–H groups in total. The summed E-state index contributed by atoms with van der Waals surface area (Å²) >= 11 is 11.8. The molecule has 0 saturated carbocycles. The van der Waals surface area contributed by atoms with E-state index in [4.69, 9.17) is 28.5 Å². The van der Waals surface area contributed by atoms with E-state index in [2.05, 4.69) is 5.10 Å². The Morgan fingerprint density at radius 1 is 1.43 bits per heavy atom. The van der Waals surface area contributed by atoms with E-state index in [9.17, 15) is 0 Å². The van der Waals surface area contributed by atoms with Gasteiger partial charge in [0.25, 0.3) is 0 Å². The summed E-state index contributed by atoms with van der Waals surface area (Å²) in [6.45, 7) is 0. The smallest absolute Gasteiger partial charge is 0.147 e. The molecule has 0 unspecified atom stereocenters. The Kier molecular flexibility index (Phi) is 2.10. The standard InChI is InChI=1S/C9H5Cl2N3/c1-14-7(4-12)8-6(13-14)3-2-5(10)9(8)11/h2-3H,1H3. The SMILES string of the molecule is Cn1nc2ccc(Cl)c(Cl)c2c1C#N. The van der Waals surface area contributed by atoms with Crippen LogP contribution in [0.3, 0.4) is 0 Å². The van der Waals surface area contributed by atoms with Gasteiger partial charge in [-0.2, -0.15) is 10.4 Å². The summed E-state index contributed by atoms with van der Waals surface area (Å²) in [6.07, 6.45) is 0. The Bertz CT molecular complexity index is 551. The van der Waals surface area contributed by atoms with Gasteiger partial charge in [0.05, 0.1) is 20.9 Å². The van der Waals surface area contributed by atoms with E-state index in [-0.39, 0.29) is 0 Å². The van der Waals surface area contributed by atoms with Gasteiger partial charge >= 0.3 is 0 Å². The summed E-state index contributed by atoms with van der Waals surface area (Å²) in [5, 5.41) is 14.5. The zero-order chi connectivity index (χ0) is 10.3. The predicted molar refractivity (Wildman–Crippen MR) is 55.4 cm³/mol. The topological polar surface area (TPSA) is 41.6 Å². The van der Waals surface area contributed by atoms with E-state index in [0.29, 0.717) is 26.6 Å². The Morgan fingerprint density at radius 2 is 2.14 bits per heavy atom. The number of aryl methyl sites for hydroxylation is 1. The van der Waals surface area contributed by atoms with Gasteiger partial charge in [0, 0.05) is 7.05 Å². The molecule has 0 bridgehead atoms. The molecular formula is C9H5Cl2N3. The maximum absolute atomic E-state index is 8.91. The van der Waals surface area contributed by atoms with Crippen molar-refractivity contribution < 1.29 is 0 Å². The first-order valence-corrected chi connectivity index (χ1v) is 4.61. The fourth-order valence-electron chi connectivity index (χ4n) is 1.35. The van der Waals surface area contributed by atoms with E-state index < -0.39 is 0 Å². The largest absolute Gasteiger partial charge is 0.257 e. The fraction of sp³-hybridized carbons (Fsp3) is 0.111. The van der Waals surface area contributed by atoms with Crippen LogP contribution in [-0.4, -0.2) is 9.78 Å². The van der Waals surface area contributed by atoms with Gasteiger partial charge in [0.2, 0.25) is 0 Å². The Balaban J connectivity index is 3.00. The van der Waals surface area contributed by atoms with Gasteiger partial charge in [-0.1, -0.05) is 23.2 Å². The van der Waals surface area contributed by atoms with Gasteiger partial charge in [0.1, 0.15) is 11.8 Å². The second kappa shape index (κ2) is 3.16. The van der Waals surface area contributed by atoms with E-state index in [1.54, 1.807) is 19.2 Å². The summed E-state index contributed by atoms with van der Waals surface area (Å²) in [6, 6.07) is 5.45. The fourth-order valence-corrected chi connectivity index (χ4v) is 1.76. The number of hydrogen-bond acceptors (Lipinski definition) is 2. The van der Waals surface area contributed by atoms with Gasteiger partial charge in [-0.15, -0.1) is 0 Å². The van der Waals surface area contributed by atoms with Gasteiger partial charge in [-0.3, -0.25) is 4.68 Å². The quantitative estimate of drug-likeness (QED) is 0.692. The third-order valence-corrected chi connectivity index (χ3v) is 2.80. The number of nitriles is 1. The molecule has 3 nitrogen and oxygen atoms in total. The van der Waals surface area contributed by atoms with Crippen LogP contribution in [0.1, 0.15) is 5.69 Å². The van der Waals surface area contributed by atoms with Crippen molar-refractivity contribution >= 4 is 34.1 Å². The number of hydrogen-bond donors (Lipinski definition) is 0. The minimum absolute atomic E-state index is 0.383. The second-order valence-electron chi connectivity index (χ2n) is 2.84. The molecule has 0 amide bonds. The van der Waals surface area contributed by atoms with E-state index in [0.717, 1.165) is 0 Å². The first-order chi connectivity index (χ1) is 6.65. The molecule has 0 atom stereocenters. The Hall–Kier alpha value is -1.24. The predicted octanol–water partition coefficient (Wildman–Crippen LogP) is 2.75. The Labute approximate surface area is 90.4 Å². The number of halogens is 2. The molecule has 2 rings (SSSR count).